The third-order valence-electron chi connectivity index (χ3n) is 3.17. The van der Waals surface area contributed by atoms with Gasteiger partial charge in [0.05, 0.1) is 10.7 Å². The maximum absolute atomic E-state index is 12.2. The molecule has 0 radical (unpaired) electrons. The van der Waals surface area contributed by atoms with E-state index in [9.17, 15) is 9.59 Å². The lowest BCUT2D eigenvalue weighted by atomic mass is 9.94. The zero-order valence-corrected chi connectivity index (χ0v) is 11.7. The quantitative estimate of drug-likeness (QED) is 0.806. The smallest absolute Gasteiger partial charge is 0.277 e. The molecule has 0 unspecified atom stereocenters. The highest BCUT2D eigenvalue weighted by molar-refractivity contribution is 6.49. The number of ketones is 1. The lowest BCUT2D eigenvalue weighted by Gasteiger charge is -2.13. The van der Waals surface area contributed by atoms with Crippen molar-refractivity contribution in [1.29, 1.82) is 0 Å². The van der Waals surface area contributed by atoms with Crippen LogP contribution in [0, 0.1) is 0 Å². The summed E-state index contributed by atoms with van der Waals surface area (Å²) in [4.78, 5) is 28.2. The third-order valence-corrected chi connectivity index (χ3v) is 3.45. The second kappa shape index (κ2) is 5.46. The minimum atomic E-state index is -0.365. The molecule has 4 heteroatoms. The van der Waals surface area contributed by atoms with Crippen molar-refractivity contribution >= 4 is 29.0 Å². The summed E-state index contributed by atoms with van der Waals surface area (Å²) in [5.41, 5.74) is 1.98. The fourth-order valence-electron chi connectivity index (χ4n) is 2.14. The molecule has 3 nitrogen and oxygen atoms in total. The van der Waals surface area contributed by atoms with Crippen LogP contribution in [0.4, 0.5) is 0 Å². The summed E-state index contributed by atoms with van der Waals surface area (Å²) in [6.07, 6.45) is 1.44. The Morgan fingerprint density at radius 1 is 0.905 bits per heavy atom. The van der Waals surface area contributed by atoms with Crippen LogP contribution in [-0.4, -0.2) is 17.4 Å². The number of halogens is 1. The van der Waals surface area contributed by atoms with Crippen molar-refractivity contribution in [2.45, 2.75) is 0 Å². The van der Waals surface area contributed by atoms with E-state index in [4.69, 9.17) is 11.6 Å². The van der Waals surface area contributed by atoms with Crippen LogP contribution in [0.5, 0.6) is 0 Å². The summed E-state index contributed by atoms with van der Waals surface area (Å²) in [6, 6.07) is 15.7. The van der Waals surface area contributed by atoms with Crippen LogP contribution in [-0.2, 0) is 0 Å². The summed E-state index contributed by atoms with van der Waals surface area (Å²) in [5.74, 6) is -0.617. The maximum atomic E-state index is 12.2. The maximum Gasteiger partial charge on any atom is 0.277 e. The molecular formula is C17H10ClNO2. The van der Waals surface area contributed by atoms with Crippen molar-refractivity contribution in [2.75, 3.05) is 0 Å². The molecule has 0 spiro atoms. The van der Waals surface area contributed by atoms with Gasteiger partial charge in [-0.15, -0.1) is 0 Å². The molecule has 0 heterocycles. The van der Waals surface area contributed by atoms with Crippen LogP contribution in [0.25, 0.3) is 0 Å². The van der Waals surface area contributed by atoms with E-state index in [1.807, 2.05) is 6.07 Å². The van der Waals surface area contributed by atoms with Gasteiger partial charge in [-0.05, 0) is 18.2 Å². The van der Waals surface area contributed by atoms with Gasteiger partial charge < -0.3 is 0 Å². The first kappa shape index (κ1) is 13.5. The van der Waals surface area contributed by atoms with Gasteiger partial charge in [-0.25, -0.2) is 4.99 Å². The molecule has 1 aliphatic carbocycles. The highest BCUT2D eigenvalue weighted by atomic mass is 35.5. The Bertz CT molecular complexity index is 791. The third kappa shape index (κ3) is 2.56. The van der Waals surface area contributed by atoms with Gasteiger partial charge in [0, 0.05) is 16.7 Å². The van der Waals surface area contributed by atoms with Gasteiger partial charge in [-0.2, -0.15) is 0 Å². The summed E-state index contributed by atoms with van der Waals surface area (Å²) in [7, 11) is 0. The van der Waals surface area contributed by atoms with E-state index in [0.717, 1.165) is 0 Å². The minimum Gasteiger partial charge on any atom is -0.288 e. The van der Waals surface area contributed by atoms with E-state index in [0.29, 0.717) is 22.4 Å². The second-order valence-corrected chi connectivity index (χ2v) is 4.94. The molecule has 0 bridgehead atoms. The number of nitrogens with zero attached hydrogens (tertiary/aromatic N) is 1. The van der Waals surface area contributed by atoms with Crippen molar-refractivity contribution in [1.82, 2.24) is 0 Å². The number of allylic oxidation sites excluding steroid dienone is 2. The Hall–Kier alpha value is -2.52. The first-order chi connectivity index (χ1) is 10.2. The molecule has 3 rings (SSSR count). The van der Waals surface area contributed by atoms with E-state index in [2.05, 4.69) is 4.99 Å². The molecule has 0 aromatic heterocycles. The largest absolute Gasteiger partial charge is 0.288 e. The normalized spacial score (nSPS) is 15.6. The Kier molecular flexibility index (Phi) is 3.50. The van der Waals surface area contributed by atoms with Crippen LogP contribution >= 0.6 is 11.6 Å². The lowest BCUT2D eigenvalue weighted by Crippen LogP contribution is -2.16. The zero-order valence-electron chi connectivity index (χ0n) is 10.9. The first-order valence-electron chi connectivity index (χ1n) is 6.36. The van der Waals surface area contributed by atoms with Crippen molar-refractivity contribution in [3.05, 3.63) is 82.4 Å². The molecule has 0 atom stereocenters. The molecule has 102 valence electrons. The number of fused-ring (bicyclic) bond motifs is 1. The van der Waals surface area contributed by atoms with E-state index in [1.54, 1.807) is 48.5 Å². The Balaban J connectivity index is 2.08. The minimum absolute atomic E-state index is 0.0633. The fraction of sp³-hybridized carbons (Fsp3) is 0. The second-order valence-electron chi connectivity index (χ2n) is 4.54. The molecule has 0 fully saturated rings. The molecule has 0 saturated carbocycles. The van der Waals surface area contributed by atoms with Gasteiger partial charge in [-0.1, -0.05) is 54.1 Å². The van der Waals surface area contributed by atoms with E-state index in [-0.39, 0.29) is 16.7 Å². The van der Waals surface area contributed by atoms with Crippen LogP contribution < -0.4 is 0 Å². The van der Waals surface area contributed by atoms with Gasteiger partial charge in [0.1, 0.15) is 0 Å². The lowest BCUT2D eigenvalue weighted by molar-refractivity contribution is 0.0999. The van der Waals surface area contributed by atoms with E-state index >= 15 is 0 Å². The number of aliphatic imine (C=N–C) groups is 1. The van der Waals surface area contributed by atoms with Gasteiger partial charge in [-0.3, -0.25) is 9.59 Å². The molecule has 2 aromatic rings. The Morgan fingerprint density at radius 3 is 2.24 bits per heavy atom. The predicted molar refractivity (Wildman–Crippen MR) is 82.0 cm³/mol. The topological polar surface area (TPSA) is 46.5 Å². The zero-order chi connectivity index (χ0) is 14.8. The Labute approximate surface area is 126 Å². The molecule has 2 aromatic carbocycles. The van der Waals surface area contributed by atoms with Crippen LogP contribution in [0.2, 0.25) is 0 Å². The molecule has 0 aliphatic heterocycles. The number of carbonyl (C=O) groups is 2. The Morgan fingerprint density at radius 2 is 1.52 bits per heavy atom. The highest BCUT2D eigenvalue weighted by Crippen LogP contribution is 2.24. The summed E-state index contributed by atoms with van der Waals surface area (Å²) >= 11 is 5.94. The molecule has 0 saturated heterocycles. The average molecular weight is 296 g/mol. The standard InChI is InChI=1S/C17H10ClNO2/c18-14-10-15(12-8-4-5-9-13(12)16(14)20)19-17(21)11-6-2-1-3-7-11/h1-10H. The molecule has 1 amide bonds. The van der Waals surface area contributed by atoms with Crippen molar-refractivity contribution in [3.8, 4) is 0 Å². The molecule has 1 aliphatic rings. The summed E-state index contributed by atoms with van der Waals surface area (Å²) < 4.78 is 0. The van der Waals surface area contributed by atoms with Crippen molar-refractivity contribution in [3.63, 3.8) is 0 Å². The van der Waals surface area contributed by atoms with Crippen LogP contribution in [0.3, 0.4) is 0 Å². The first-order valence-corrected chi connectivity index (χ1v) is 6.74. The van der Waals surface area contributed by atoms with Gasteiger partial charge in [0.2, 0.25) is 5.78 Å². The average Bonchev–Trinajstić information content (AvgIpc) is 2.53. The molecule has 21 heavy (non-hydrogen) atoms. The van der Waals surface area contributed by atoms with Crippen LogP contribution in [0.1, 0.15) is 26.3 Å². The molecule has 0 N–H and O–H groups in total. The SMILES string of the molecule is O=C(N=C1C=C(Cl)C(=O)c2ccccc21)c1ccccc1. The van der Waals surface area contributed by atoms with Crippen molar-refractivity contribution < 1.29 is 9.59 Å². The number of hydrogen-bond donors (Lipinski definition) is 0. The number of amides is 1. The van der Waals surface area contributed by atoms with Crippen LogP contribution in [0.15, 0.2) is 70.7 Å². The van der Waals surface area contributed by atoms with Gasteiger partial charge in [0.25, 0.3) is 5.91 Å². The van der Waals surface area contributed by atoms with E-state index < -0.39 is 0 Å². The molecular weight excluding hydrogens is 286 g/mol. The highest BCUT2D eigenvalue weighted by Gasteiger charge is 2.23. The predicted octanol–water partition coefficient (Wildman–Crippen LogP) is 3.64. The fourth-order valence-corrected chi connectivity index (χ4v) is 2.35. The number of rotatable bonds is 1. The monoisotopic (exact) mass is 295 g/mol. The van der Waals surface area contributed by atoms with Gasteiger partial charge in [0.15, 0.2) is 0 Å². The number of hydrogen-bond acceptors (Lipinski definition) is 2. The van der Waals surface area contributed by atoms with E-state index in [1.165, 1.54) is 6.08 Å². The van der Waals surface area contributed by atoms with Gasteiger partial charge >= 0.3 is 0 Å². The summed E-state index contributed by atoms with van der Waals surface area (Å²) in [6.45, 7) is 0. The summed E-state index contributed by atoms with van der Waals surface area (Å²) in [5, 5.41) is 0.0633. The van der Waals surface area contributed by atoms with Crippen molar-refractivity contribution in [2.24, 2.45) is 4.99 Å². The number of Topliss-reactive ketones (excluding diaryl/α,β-unsaturated/α-hetero) is 1. The number of carbonyl (C=O) groups excluding carboxylic acids is 2. The number of benzene rings is 2.